The van der Waals surface area contributed by atoms with Gasteiger partial charge in [0.25, 0.3) is 0 Å². The molecule has 0 aliphatic carbocycles. The lowest BCUT2D eigenvalue weighted by Gasteiger charge is -2.19. The molecule has 0 unspecified atom stereocenters. The molecule has 0 atom stereocenters. The quantitative estimate of drug-likeness (QED) is 0.512. The number of phenolic OH excluding ortho intramolecular Hbond substituents is 1. The molecule has 0 spiro atoms. The van der Waals surface area contributed by atoms with E-state index < -0.39 is 8.07 Å². The van der Waals surface area contributed by atoms with Gasteiger partial charge in [0.2, 0.25) is 0 Å². The molecule has 4 aromatic rings. The van der Waals surface area contributed by atoms with Crippen molar-refractivity contribution in [2.75, 3.05) is 0 Å². The van der Waals surface area contributed by atoms with Crippen LogP contribution in [0.1, 0.15) is 0 Å². The van der Waals surface area contributed by atoms with Crippen molar-refractivity contribution in [3.05, 3.63) is 66.7 Å². The third-order valence-electron chi connectivity index (χ3n) is 4.66. The summed E-state index contributed by atoms with van der Waals surface area (Å²) in [7, 11) is -1.46. The SMILES string of the molecule is C[Si](C)(C)c1ccc(O)c(-n2c3ccccc3c3ccccc32)c1. The summed E-state index contributed by atoms with van der Waals surface area (Å²) in [6, 6.07) is 22.8. The summed E-state index contributed by atoms with van der Waals surface area (Å²) in [5.41, 5.74) is 3.12. The van der Waals surface area contributed by atoms with Crippen LogP contribution in [0.2, 0.25) is 19.6 Å². The number of nitrogens with zero attached hydrogens (tertiary/aromatic N) is 1. The molecule has 1 N–H and O–H groups in total. The topological polar surface area (TPSA) is 25.2 Å². The predicted octanol–water partition coefficient (Wildman–Crippen LogP) is 5.03. The predicted molar refractivity (Wildman–Crippen MR) is 105 cm³/mol. The zero-order valence-electron chi connectivity index (χ0n) is 14.2. The standard InChI is InChI=1S/C21H21NOSi/c1-24(2,3)15-12-13-21(23)20(14-15)22-18-10-6-4-8-16(18)17-9-5-7-11-19(17)22/h4-14,23H,1-3H3. The molecule has 0 amide bonds. The molecule has 24 heavy (non-hydrogen) atoms. The summed E-state index contributed by atoms with van der Waals surface area (Å²) in [5, 5.41) is 14.4. The summed E-state index contributed by atoms with van der Waals surface area (Å²) in [4.78, 5) is 0. The van der Waals surface area contributed by atoms with Gasteiger partial charge < -0.3 is 9.67 Å². The number of aromatic nitrogens is 1. The minimum atomic E-state index is -1.46. The minimum absolute atomic E-state index is 0.323. The molecule has 1 aromatic heterocycles. The highest BCUT2D eigenvalue weighted by Crippen LogP contribution is 2.34. The lowest BCUT2D eigenvalue weighted by atomic mass is 10.2. The van der Waals surface area contributed by atoms with Crippen LogP contribution in [0.15, 0.2) is 66.7 Å². The highest BCUT2D eigenvalue weighted by molar-refractivity contribution is 6.88. The molecule has 1 heterocycles. The highest BCUT2D eigenvalue weighted by Gasteiger charge is 2.20. The molecule has 0 bridgehead atoms. The van der Waals surface area contributed by atoms with Crippen molar-refractivity contribution < 1.29 is 5.11 Å². The summed E-state index contributed by atoms with van der Waals surface area (Å²) >= 11 is 0. The number of benzene rings is 3. The first-order chi connectivity index (χ1) is 11.5. The van der Waals surface area contributed by atoms with Crippen LogP contribution < -0.4 is 5.19 Å². The minimum Gasteiger partial charge on any atom is -0.506 e. The monoisotopic (exact) mass is 331 g/mol. The Labute approximate surface area is 143 Å². The van der Waals surface area contributed by atoms with Gasteiger partial charge in [-0.05, 0) is 24.3 Å². The largest absolute Gasteiger partial charge is 0.506 e. The number of aromatic hydroxyl groups is 1. The third-order valence-corrected chi connectivity index (χ3v) is 6.71. The maximum atomic E-state index is 10.6. The Kier molecular flexibility index (Phi) is 3.29. The van der Waals surface area contributed by atoms with Crippen LogP contribution in [0, 0.1) is 0 Å². The molecule has 0 aliphatic rings. The van der Waals surface area contributed by atoms with Gasteiger partial charge in [0, 0.05) is 10.8 Å². The molecule has 0 aliphatic heterocycles. The van der Waals surface area contributed by atoms with Crippen LogP contribution in [-0.2, 0) is 0 Å². The molecule has 0 saturated carbocycles. The van der Waals surface area contributed by atoms with Crippen molar-refractivity contribution in [3.63, 3.8) is 0 Å². The first-order valence-electron chi connectivity index (χ1n) is 8.29. The summed E-state index contributed by atoms with van der Waals surface area (Å²) in [6.07, 6.45) is 0. The second-order valence-corrected chi connectivity index (χ2v) is 12.4. The Morgan fingerprint density at radius 3 is 1.83 bits per heavy atom. The molecule has 0 saturated heterocycles. The molecule has 3 aromatic carbocycles. The number of para-hydroxylation sites is 2. The van der Waals surface area contributed by atoms with Gasteiger partial charge in [-0.1, -0.05) is 67.3 Å². The molecule has 3 heteroatoms. The summed E-state index contributed by atoms with van der Waals surface area (Å²) < 4.78 is 2.18. The second-order valence-electron chi connectivity index (χ2n) is 7.32. The summed E-state index contributed by atoms with van der Waals surface area (Å²) in [6.45, 7) is 6.99. The number of phenols is 1. The van der Waals surface area contributed by atoms with Crippen molar-refractivity contribution in [2.24, 2.45) is 0 Å². The fourth-order valence-electron chi connectivity index (χ4n) is 3.35. The van der Waals surface area contributed by atoms with Crippen molar-refractivity contribution in [3.8, 4) is 11.4 Å². The van der Waals surface area contributed by atoms with E-state index in [1.807, 2.05) is 6.07 Å². The van der Waals surface area contributed by atoms with Crippen molar-refractivity contribution in [1.29, 1.82) is 0 Å². The molecule has 0 radical (unpaired) electrons. The highest BCUT2D eigenvalue weighted by atomic mass is 28.3. The molecule has 4 rings (SSSR count). The fraction of sp³-hybridized carbons (Fsp3) is 0.143. The van der Waals surface area contributed by atoms with E-state index in [2.05, 4.69) is 84.9 Å². The van der Waals surface area contributed by atoms with Gasteiger partial charge in [-0.15, -0.1) is 0 Å². The zero-order valence-corrected chi connectivity index (χ0v) is 15.2. The van der Waals surface area contributed by atoms with Gasteiger partial charge >= 0.3 is 0 Å². The average Bonchev–Trinajstić information content (AvgIpc) is 2.89. The van der Waals surface area contributed by atoms with E-state index in [0.29, 0.717) is 5.75 Å². The number of hydrogen-bond donors (Lipinski definition) is 1. The van der Waals surface area contributed by atoms with Crippen molar-refractivity contribution >= 4 is 35.1 Å². The van der Waals surface area contributed by atoms with Crippen LogP contribution in [0.25, 0.3) is 27.5 Å². The first kappa shape index (κ1) is 15.0. The molecule has 2 nitrogen and oxygen atoms in total. The van der Waals surface area contributed by atoms with Gasteiger partial charge in [0.15, 0.2) is 0 Å². The zero-order chi connectivity index (χ0) is 16.9. The smallest absolute Gasteiger partial charge is 0.139 e. The van der Waals surface area contributed by atoms with Gasteiger partial charge in [-0.2, -0.15) is 0 Å². The Balaban J connectivity index is 2.13. The average molecular weight is 331 g/mol. The van der Waals surface area contributed by atoms with Crippen LogP contribution >= 0.6 is 0 Å². The van der Waals surface area contributed by atoms with Gasteiger partial charge in [0.1, 0.15) is 5.75 Å². The lowest BCUT2D eigenvalue weighted by Crippen LogP contribution is -2.37. The molecule has 120 valence electrons. The Bertz CT molecular complexity index is 1000. The third kappa shape index (κ3) is 2.24. The molecular formula is C21H21NOSi. The van der Waals surface area contributed by atoms with E-state index in [4.69, 9.17) is 0 Å². The maximum Gasteiger partial charge on any atom is 0.139 e. The molecular weight excluding hydrogens is 310 g/mol. The number of hydrogen-bond acceptors (Lipinski definition) is 1. The van der Waals surface area contributed by atoms with E-state index >= 15 is 0 Å². The Morgan fingerprint density at radius 1 is 0.750 bits per heavy atom. The van der Waals surface area contributed by atoms with Crippen LogP contribution in [-0.4, -0.2) is 17.7 Å². The number of rotatable bonds is 2. The Morgan fingerprint density at radius 2 is 1.29 bits per heavy atom. The van der Waals surface area contributed by atoms with Crippen LogP contribution in [0.3, 0.4) is 0 Å². The van der Waals surface area contributed by atoms with Crippen molar-refractivity contribution in [2.45, 2.75) is 19.6 Å². The fourth-order valence-corrected chi connectivity index (χ4v) is 4.50. The van der Waals surface area contributed by atoms with Crippen molar-refractivity contribution in [1.82, 2.24) is 4.57 Å². The van der Waals surface area contributed by atoms with Gasteiger partial charge in [-0.25, -0.2) is 0 Å². The number of fused-ring (bicyclic) bond motifs is 3. The normalized spacial score (nSPS) is 12.1. The molecule has 0 fully saturated rings. The van der Waals surface area contributed by atoms with E-state index in [1.54, 1.807) is 0 Å². The second kappa shape index (κ2) is 5.25. The van der Waals surface area contributed by atoms with Crippen LogP contribution in [0.5, 0.6) is 5.75 Å². The van der Waals surface area contributed by atoms with Gasteiger partial charge in [-0.3, -0.25) is 0 Å². The van der Waals surface area contributed by atoms with Crippen LogP contribution in [0.4, 0.5) is 0 Å². The van der Waals surface area contributed by atoms with E-state index in [-0.39, 0.29) is 0 Å². The van der Waals surface area contributed by atoms with Gasteiger partial charge in [0.05, 0.1) is 24.8 Å². The van der Waals surface area contributed by atoms with E-state index in [0.717, 1.165) is 16.7 Å². The maximum absolute atomic E-state index is 10.6. The van der Waals surface area contributed by atoms with E-state index in [9.17, 15) is 5.11 Å². The summed E-state index contributed by atoms with van der Waals surface area (Å²) in [5.74, 6) is 0.323. The van der Waals surface area contributed by atoms with E-state index in [1.165, 1.54) is 16.0 Å². The first-order valence-corrected chi connectivity index (χ1v) is 11.8. The lowest BCUT2D eigenvalue weighted by molar-refractivity contribution is 0.473. The Hall–Kier alpha value is -2.52.